The number of amides is 2. The first-order chi connectivity index (χ1) is 9.60. The first-order valence-corrected chi connectivity index (χ1v) is 7.73. The van der Waals surface area contributed by atoms with Crippen LogP contribution in [0.5, 0.6) is 0 Å². The second-order valence-corrected chi connectivity index (χ2v) is 6.01. The minimum atomic E-state index is -0.238. The number of unbranched alkanes of at least 4 members (excludes halogenated alkanes) is 1. The highest BCUT2D eigenvalue weighted by Crippen LogP contribution is 2.21. The van der Waals surface area contributed by atoms with Crippen LogP contribution in [0.3, 0.4) is 0 Å². The third-order valence-electron chi connectivity index (χ3n) is 3.46. The predicted octanol–water partition coefficient (Wildman–Crippen LogP) is 3.04. The van der Waals surface area contributed by atoms with Crippen molar-refractivity contribution < 1.29 is 9.59 Å². The Hall–Kier alpha value is -1.36. The van der Waals surface area contributed by atoms with Crippen LogP contribution in [0.15, 0.2) is 28.7 Å². The van der Waals surface area contributed by atoms with Crippen LogP contribution in [0, 0.1) is 5.92 Å². The SMILES string of the molecule is CCCCN1C[C@H](C(=O)Nc2cccc(Br)c2)CC1=O. The molecule has 2 rings (SSSR count). The van der Waals surface area contributed by atoms with E-state index in [-0.39, 0.29) is 17.7 Å². The Bertz CT molecular complexity index is 504. The molecule has 4 nitrogen and oxygen atoms in total. The topological polar surface area (TPSA) is 49.4 Å². The van der Waals surface area contributed by atoms with Crippen LogP contribution < -0.4 is 5.32 Å². The van der Waals surface area contributed by atoms with E-state index < -0.39 is 0 Å². The molecule has 0 aliphatic carbocycles. The highest BCUT2D eigenvalue weighted by atomic mass is 79.9. The molecule has 1 heterocycles. The summed E-state index contributed by atoms with van der Waals surface area (Å²) in [5, 5.41) is 2.87. The fourth-order valence-electron chi connectivity index (χ4n) is 2.32. The Morgan fingerprint density at radius 3 is 3.00 bits per heavy atom. The van der Waals surface area contributed by atoms with Gasteiger partial charge in [-0.15, -0.1) is 0 Å². The standard InChI is InChI=1S/C15H19BrN2O2/c1-2-3-7-18-10-11(8-14(18)19)15(20)17-13-6-4-5-12(16)9-13/h4-6,9,11H,2-3,7-8,10H2,1H3,(H,17,20)/t11-/m1/s1. The molecule has 1 aromatic carbocycles. The van der Waals surface area contributed by atoms with Crippen LogP contribution >= 0.6 is 15.9 Å². The number of rotatable bonds is 5. The van der Waals surface area contributed by atoms with Crippen LogP contribution in [-0.2, 0) is 9.59 Å². The summed E-state index contributed by atoms with van der Waals surface area (Å²) < 4.78 is 0.919. The Labute approximate surface area is 127 Å². The molecule has 0 aromatic heterocycles. The number of benzene rings is 1. The molecule has 20 heavy (non-hydrogen) atoms. The largest absolute Gasteiger partial charge is 0.342 e. The Balaban J connectivity index is 1.92. The van der Waals surface area contributed by atoms with Crippen LogP contribution in [0.4, 0.5) is 5.69 Å². The number of hydrogen-bond donors (Lipinski definition) is 1. The van der Waals surface area contributed by atoms with E-state index in [0.717, 1.165) is 29.5 Å². The average molecular weight is 339 g/mol. The van der Waals surface area contributed by atoms with Gasteiger partial charge in [-0.05, 0) is 24.6 Å². The van der Waals surface area contributed by atoms with Crippen LogP contribution in [0.2, 0.25) is 0 Å². The second-order valence-electron chi connectivity index (χ2n) is 5.09. The quantitative estimate of drug-likeness (QED) is 0.896. The lowest BCUT2D eigenvalue weighted by Gasteiger charge is -2.16. The van der Waals surface area contributed by atoms with Gasteiger partial charge in [0.2, 0.25) is 11.8 Å². The lowest BCUT2D eigenvalue weighted by molar-refractivity contribution is -0.128. The fourth-order valence-corrected chi connectivity index (χ4v) is 2.72. The molecule has 0 bridgehead atoms. The maximum Gasteiger partial charge on any atom is 0.229 e. The fraction of sp³-hybridized carbons (Fsp3) is 0.467. The van der Waals surface area contributed by atoms with Crippen molar-refractivity contribution in [2.75, 3.05) is 18.4 Å². The smallest absolute Gasteiger partial charge is 0.229 e. The van der Waals surface area contributed by atoms with Gasteiger partial charge in [0.25, 0.3) is 0 Å². The van der Waals surface area contributed by atoms with Crippen molar-refractivity contribution in [2.45, 2.75) is 26.2 Å². The summed E-state index contributed by atoms with van der Waals surface area (Å²) in [6.45, 7) is 3.40. The van der Waals surface area contributed by atoms with Gasteiger partial charge in [-0.2, -0.15) is 0 Å². The summed E-state index contributed by atoms with van der Waals surface area (Å²) in [5.41, 5.74) is 0.754. The lowest BCUT2D eigenvalue weighted by atomic mass is 10.1. The summed E-state index contributed by atoms with van der Waals surface area (Å²) in [6.07, 6.45) is 2.37. The molecule has 0 unspecified atom stereocenters. The molecule has 0 spiro atoms. The zero-order valence-electron chi connectivity index (χ0n) is 11.6. The summed E-state index contributed by atoms with van der Waals surface area (Å²) in [5.74, 6) is -0.221. The van der Waals surface area contributed by atoms with E-state index in [2.05, 4.69) is 28.2 Å². The third kappa shape index (κ3) is 3.82. The highest BCUT2D eigenvalue weighted by Gasteiger charge is 2.33. The molecule has 2 amide bonds. The molecule has 1 aromatic rings. The molecule has 1 atom stereocenters. The van der Waals surface area contributed by atoms with Crippen molar-refractivity contribution in [3.05, 3.63) is 28.7 Å². The Morgan fingerprint density at radius 1 is 1.50 bits per heavy atom. The van der Waals surface area contributed by atoms with Gasteiger partial charge in [-0.25, -0.2) is 0 Å². The molecule has 1 saturated heterocycles. The van der Waals surface area contributed by atoms with Crippen molar-refractivity contribution in [2.24, 2.45) is 5.92 Å². The third-order valence-corrected chi connectivity index (χ3v) is 3.95. The van der Waals surface area contributed by atoms with Crippen molar-refractivity contribution in [3.8, 4) is 0 Å². The lowest BCUT2D eigenvalue weighted by Crippen LogP contribution is -2.29. The van der Waals surface area contributed by atoms with E-state index in [1.807, 2.05) is 24.3 Å². The zero-order chi connectivity index (χ0) is 14.5. The van der Waals surface area contributed by atoms with E-state index in [9.17, 15) is 9.59 Å². The Morgan fingerprint density at radius 2 is 2.30 bits per heavy atom. The number of carbonyl (C=O) groups is 2. The van der Waals surface area contributed by atoms with Gasteiger partial charge in [0, 0.05) is 29.7 Å². The molecule has 1 N–H and O–H groups in total. The van der Waals surface area contributed by atoms with E-state index in [0.29, 0.717) is 13.0 Å². The molecule has 1 aliphatic rings. The van der Waals surface area contributed by atoms with Gasteiger partial charge in [-0.3, -0.25) is 9.59 Å². The molecule has 5 heteroatoms. The monoisotopic (exact) mass is 338 g/mol. The normalized spacial score (nSPS) is 18.4. The molecule has 1 fully saturated rings. The molecule has 0 radical (unpaired) electrons. The minimum Gasteiger partial charge on any atom is -0.342 e. The van der Waals surface area contributed by atoms with Gasteiger partial charge in [0.05, 0.1) is 5.92 Å². The van der Waals surface area contributed by atoms with Gasteiger partial charge in [0.1, 0.15) is 0 Å². The van der Waals surface area contributed by atoms with Gasteiger partial charge in [0.15, 0.2) is 0 Å². The van der Waals surface area contributed by atoms with E-state index >= 15 is 0 Å². The van der Waals surface area contributed by atoms with Crippen LogP contribution in [0.1, 0.15) is 26.2 Å². The first-order valence-electron chi connectivity index (χ1n) is 6.94. The van der Waals surface area contributed by atoms with Crippen LogP contribution in [-0.4, -0.2) is 29.8 Å². The first kappa shape index (κ1) is 15.0. The summed E-state index contributed by atoms with van der Waals surface area (Å²) in [4.78, 5) is 25.8. The molecule has 1 aliphatic heterocycles. The van der Waals surface area contributed by atoms with Crippen molar-refractivity contribution in [1.29, 1.82) is 0 Å². The van der Waals surface area contributed by atoms with E-state index in [1.54, 1.807) is 4.90 Å². The summed E-state index contributed by atoms with van der Waals surface area (Å²) in [6, 6.07) is 7.46. The minimum absolute atomic E-state index is 0.0737. The maximum atomic E-state index is 12.2. The second kappa shape index (κ2) is 6.88. The van der Waals surface area contributed by atoms with Crippen molar-refractivity contribution >= 4 is 33.4 Å². The number of nitrogens with one attached hydrogen (secondary N) is 1. The van der Waals surface area contributed by atoms with Crippen molar-refractivity contribution in [1.82, 2.24) is 4.90 Å². The van der Waals surface area contributed by atoms with E-state index in [4.69, 9.17) is 0 Å². The predicted molar refractivity (Wildman–Crippen MR) is 82.4 cm³/mol. The van der Waals surface area contributed by atoms with E-state index in [1.165, 1.54) is 0 Å². The van der Waals surface area contributed by atoms with Gasteiger partial charge in [-0.1, -0.05) is 35.3 Å². The van der Waals surface area contributed by atoms with Gasteiger partial charge < -0.3 is 10.2 Å². The number of halogens is 1. The van der Waals surface area contributed by atoms with Gasteiger partial charge >= 0.3 is 0 Å². The Kier molecular flexibility index (Phi) is 5.17. The molecule has 0 saturated carbocycles. The molecular formula is C15H19BrN2O2. The number of hydrogen-bond acceptors (Lipinski definition) is 2. The number of anilines is 1. The molecule has 108 valence electrons. The van der Waals surface area contributed by atoms with Crippen LogP contribution in [0.25, 0.3) is 0 Å². The average Bonchev–Trinajstić information content (AvgIpc) is 2.78. The maximum absolute atomic E-state index is 12.2. The number of carbonyl (C=O) groups excluding carboxylic acids is 2. The summed E-state index contributed by atoms with van der Waals surface area (Å²) >= 11 is 3.37. The highest BCUT2D eigenvalue weighted by molar-refractivity contribution is 9.10. The van der Waals surface area contributed by atoms with Crippen molar-refractivity contribution in [3.63, 3.8) is 0 Å². The number of nitrogens with zero attached hydrogens (tertiary/aromatic N) is 1. The number of likely N-dealkylation sites (tertiary alicyclic amines) is 1. The zero-order valence-corrected chi connectivity index (χ0v) is 13.1. The summed E-state index contributed by atoms with van der Waals surface area (Å²) in [7, 11) is 0. The molecular weight excluding hydrogens is 320 g/mol.